The van der Waals surface area contributed by atoms with Crippen LogP contribution in [0.1, 0.15) is 43.2 Å². The number of aromatic nitrogens is 3. The van der Waals surface area contributed by atoms with Crippen LogP contribution in [0.4, 0.5) is 0 Å². The van der Waals surface area contributed by atoms with Crippen molar-refractivity contribution < 1.29 is 4.42 Å². The highest BCUT2D eigenvalue weighted by Crippen LogP contribution is 2.36. The molecule has 0 bridgehead atoms. The Balaban J connectivity index is 1.36. The van der Waals surface area contributed by atoms with Crippen molar-refractivity contribution in [2.24, 2.45) is 0 Å². The van der Waals surface area contributed by atoms with Gasteiger partial charge in [0.2, 0.25) is 0 Å². The number of hydrogen-bond acceptors (Lipinski definition) is 5. The van der Waals surface area contributed by atoms with Gasteiger partial charge in [0.1, 0.15) is 11.5 Å². The first-order valence-corrected chi connectivity index (χ1v) is 8.39. The van der Waals surface area contributed by atoms with E-state index in [0.29, 0.717) is 17.8 Å². The molecule has 0 spiro atoms. The normalized spacial score (nSPS) is 18.3. The quantitative estimate of drug-likeness (QED) is 0.766. The molecule has 0 amide bonds. The van der Waals surface area contributed by atoms with E-state index in [1.165, 1.54) is 12.8 Å². The Kier molecular flexibility index (Phi) is 3.39. The summed E-state index contributed by atoms with van der Waals surface area (Å²) in [6, 6.07) is 5.05. The molecule has 6 nitrogen and oxygen atoms in total. The lowest BCUT2D eigenvalue weighted by Gasteiger charge is -2.02. The van der Waals surface area contributed by atoms with Gasteiger partial charge in [0, 0.05) is 12.1 Å². The summed E-state index contributed by atoms with van der Waals surface area (Å²) in [4.78, 5) is 11.7. The van der Waals surface area contributed by atoms with Crippen molar-refractivity contribution in [1.29, 1.82) is 0 Å². The smallest absolute Gasteiger partial charge is 0.344 e. The van der Waals surface area contributed by atoms with Gasteiger partial charge < -0.3 is 9.73 Å². The highest BCUT2D eigenvalue weighted by atomic mass is 32.2. The molecule has 2 aromatic rings. The first kappa shape index (κ1) is 13.2. The van der Waals surface area contributed by atoms with E-state index in [1.54, 1.807) is 16.3 Å². The zero-order valence-electron chi connectivity index (χ0n) is 11.7. The van der Waals surface area contributed by atoms with Crippen molar-refractivity contribution in [1.82, 2.24) is 20.1 Å². The molecule has 112 valence electrons. The number of H-pyrrole nitrogens is 1. The number of furan rings is 1. The van der Waals surface area contributed by atoms with E-state index in [-0.39, 0.29) is 5.69 Å². The molecule has 2 fully saturated rings. The van der Waals surface area contributed by atoms with Gasteiger partial charge in [-0.3, -0.25) is 4.57 Å². The Labute approximate surface area is 126 Å². The second-order valence-corrected chi connectivity index (χ2v) is 6.67. The molecule has 2 saturated carbocycles. The average Bonchev–Trinajstić information content (AvgIpc) is 3.40. The van der Waals surface area contributed by atoms with Gasteiger partial charge in [-0.25, -0.2) is 9.89 Å². The van der Waals surface area contributed by atoms with Crippen LogP contribution in [-0.2, 0) is 12.3 Å². The predicted octanol–water partition coefficient (Wildman–Crippen LogP) is 2.04. The minimum atomic E-state index is -0.103. The molecule has 0 aliphatic heterocycles. The number of rotatable bonds is 7. The third kappa shape index (κ3) is 3.08. The molecular weight excluding hydrogens is 288 g/mol. The molecule has 2 N–H and O–H groups in total. The molecular formula is C14H18N4O2S. The summed E-state index contributed by atoms with van der Waals surface area (Å²) in [5.41, 5.74) is -0.103. The second kappa shape index (κ2) is 5.38. The Morgan fingerprint density at radius 2 is 2.14 bits per heavy atom. The Morgan fingerprint density at radius 3 is 2.90 bits per heavy atom. The zero-order valence-corrected chi connectivity index (χ0v) is 12.5. The van der Waals surface area contributed by atoms with Gasteiger partial charge in [-0.1, -0.05) is 11.8 Å². The van der Waals surface area contributed by atoms with Gasteiger partial charge >= 0.3 is 5.69 Å². The number of nitrogens with one attached hydrogen (secondary N) is 2. The van der Waals surface area contributed by atoms with Gasteiger partial charge in [0.15, 0.2) is 5.16 Å². The van der Waals surface area contributed by atoms with Crippen molar-refractivity contribution in [3.8, 4) is 0 Å². The molecule has 2 aliphatic rings. The first-order valence-electron chi connectivity index (χ1n) is 7.40. The van der Waals surface area contributed by atoms with Gasteiger partial charge in [-0.15, -0.1) is 5.10 Å². The molecule has 2 heterocycles. The Hall–Kier alpha value is -1.47. The van der Waals surface area contributed by atoms with Crippen LogP contribution in [0.25, 0.3) is 0 Å². The van der Waals surface area contributed by atoms with Crippen LogP contribution < -0.4 is 11.0 Å². The topological polar surface area (TPSA) is 75.8 Å². The summed E-state index contributed by atoms with van der Waals surface area (Å²) >= 11 is 1.55. The summed E-state index contributed by atoms with van der Waals surface area (Å²) in [5, 5.41) is 10.8. The van der Waals surface area contributed by atoms with Crippen molar-refractivity contribution >= 4 is 11.8 Å². The summed E-state index contributed by atoms with van der Waals surface area (Å²) < 4.78 is 7.56. The van der Waals surface area contributed by atoms with Crippen LogP contribution in [0.5, 0.6) is 0 Å². The molecule has 0 radical (unpaired) electrons. The summed E-state index contributed by atoms with van der Waals surface area (Å²) in [6.07, 6.45) is 4.71. The molecule has 2 aliphatic carbocycles. The van der Waals surface area contributed by atoms with Crippen molar-refractivity contribution in [3.63, 3.8) is 0 Å². The Morgan fingerprint density at radius 1 is 1.33 bits per heavy atom. The lowest BCUT2D eigenvalue weighted by atomic mass is 10.4. The molecule has 21 heavy (non-hydrogen) atoms. The van der Waals surface area contributed by atoms with E-state index in [0.717, 1.165) is 36.1 Å². The number of thioether (sulfide) groups is 1. The van der Waals surface area contributed by atoms with Gasteiger partial charge in [0.25, 0.3) is 0 Å². The highest BCUT2D eigenvalue weighted by molar-refractivity contribution is 7.98. The van der Waals surface area contributed by atoms with Crippen LogP contribution >= 0.6 is 11.8 Å². The highest BCUT2D eigenvalue weighted by Gasteiger charge is 2.28. The summed E-state index contributed by atoms with van der Waals surface area (Å²) in [5.74, 6) is 2.59. The van der Waals surface area contributed by atoms with Crippen LogP contribution in [0.3, 0.4) is 0 Å². The van der Waals surface area contributed by atoms with Crippen molar-refractivity contribution in [2.45, 2.75) is 55.2 Å². The lowest BCUT2D eigenvalue weighted by Crippen LogP contribution is -2.16. The Bertz CT molecular complexity index is 681. The largest absolute Gasteiger partial charge is 0.464 e. The fourth-order valence-corrected chi connectivity index (χ4v) is 3.22. The fraction of sp³-hybridized carbons (Fsp3) is 0.571. The van der Waals surface area contributed by atoms with Crippen LogP contribution in [0.15, 0.2) is 26.5 Å². The molecule has 0 unspecified atom stereocenters. The first-order chi connectivity index (χ1) is 10.3. The van der Waals surface area contributed by atoms with Crippen LogP contribution in [-0.4, -0.2) is 20.8 Å². The van der Waals surface area contributed by atoms with Crippen molar-refractivity contribution in [3.05, 3.63) is 34.1 Å². The number of hydrogen-bond donors (Lipinski definition) is 2. The van der Waals surface area contributed by atoms with Crippen molar-refractivity contribution in [2.75, 3.05) is 0 Å². The molecule has 4 rings (SSSR count). The van der Waals surface area contributed by atoms with E-state index >= 15 is 0 Å². The number of nitrogens with zero attached hydrogens (tertiary/aromatic N) is 2. The summed E-state index contributed by atoms with van der Waals surface area (Å²) in [6.45, 7) is 0.796. The van der Waals surface area contributed by atoms with E-state index in [1.807, 2.05) is 12.1 Å². The predicted molar refractivity (Wildman–Crippen MR) is 79.2 cm³/mol. The SMILES string of the molecule is O=c1[nH]nc(SCc2ccc(CNC3CC3)o2)n1C1CC1. The minimum absolute atomic E-state index is 0.103. The van der Waals surface area contributed by atoms with E-state index in [4.69, 9.17) is 4.42 Å². The van der Waals surface area contributed by atoms with Crippen LogP contribution in [0, 0.1) is 0 Å². The van der Waals surface area contributed by atoms with Gasteiger partial charge in [-0.2, -0.15) is 0 Å². The molecule has 7 heteroatoms. The van der Waals surface area contributed by atoms with Crippen LogP contribution in [0.2, 0.25) is 0 Å². The average molecular weight is 306 g/mol. The van der Waals surface area contributed by atoms with E-state index in [2.05, 4.69) is 15.5 Å². The van der Waals surface area contributed by atoms with E-state index in [9.17, 15) is 4.79 Å². The standard InChI is InChI=1S/C14H18N4O2S/c19-13-16-17-14(18(13)10-3-4-10)21-8-12-6-5-11(20-12)7-15-9-1-2-9/h5-6,9-10,15H,1-4,7-8H2,(H,16,19). The summed E-state index contributed by atoms with van der Waals surface area (Å²) in [7, 11) is 0. The number of aromatic amines is 1. The molecule has 0 saturated heterocycles. The second-order valence-electron chi connectivity index (χ2n) is 5.72. The third-order valence-corrected chi connectivity index (χ3v) is 4.76. The maximum Gasteiger partial charge on any atom is 0.344 e. The maximum absolute atomic E-state index is 11.7. The lowest BCUT2D eigenvalue weighted by molar-refractivity contribution is 0.458. The monoisotopic (exact) mass is 306 g/mol. The molecule has 2 aromatic heterocycles. The van der Waals surface area contributed by atoms with E-state index < -0.39 is 0 Å². The van der Waals surface area contributed by atoms with Gasteiger partial charge in [-0.05, 0) is 37.8 Å². The fourth-order valence-electron chi connectivity index (χ4n) is 2.31. The third-order valence-electron chi connectivity index (χ3n) is 3.79. The zero-order chi connectivity index (χ0) is 14.2. The van der Waals surface area contributed by atoms with Gasteiger partial charge in [0.05, 0.1) is 12.3 Å². The molecule has 0 aromatic carbocycles. The molecule has 0 atom stereocenters. The maximum atomic E-state index is 11.7. The minimum Gasteiger partial charge on any atom is -0.464 e.